The van der Waals surface area contributed by atoms with E-state index in [0.29, 0.717) is 18.6 Å². The number of hydrogen-bond donors (Lipinski definition) is 7. The fraction of sp³-hybridized carbons (Fsp3) is 0.514. The summed E-state index contributed by atoms with van der Waals surface area (Å²) in [6.07, 6.45) is 9.76. The van der Waals surface area contributed by atoms with Crippen LogP contribution in [-0.4, -0.2) is 68.0 Å². The van der Waals surface area contributed by atoms with Crippen LogP contribution in [0.1, 0.15) is 77.6 Å². The van der Waals surface area contributed by atoms with Gasteiger partial charge in [0, 0.05) is 35.5 Å². The highest BCUT2D eigenvalue weighted by atomic mass is 32.2. The predicted octanol–water partition coefficient (Wildman–Crippen LogP) is 2.98. The number of unbranched alkanes of at least 4 members (excludes halogenated alkanes) is 6. The van der Waals surface area contributed by atoms with E-state index in [-0.39, 0.29) is 44.5 Å². The number of nitrogens with zero attached hydrogens (tertiary/aromatic N) is 3. The molecular formula is C35H54N10O4S. The molecule has 2 aromatic carbocycles. The number of anilines is 2. The van der Waals surface area contributed by atoms with Gasteiger partial charge in [0.15, 0.2) is 18.5 Å². The molecule has 0 radical (unpaired) electrons. The maximum Gasteiger partial charge on any atom is 0.258 e. The molecule has 2 atom stereocenters. The molecule has 1 heterocycles. The van der Waals surface area contributed by atoms with E-state index in [1.54, 1.807) is 11.8 Å². The van der Waals surface area contributed by atoms with Crippen LogP contribution in [0.5, 0.6) is 5.75 Å². The zero-order valence-corrected chi connectivity index (χ0v) is 29.9. The average Bonchev–Trinajstić information content (AvgIpc) is 3.08. The molecule has 14 nitrogen and oxygen atoms in total. The number of benzene rings is 2. The number of carbonyl (C=O) groups excluding carboxylic acids is 3. The minimum Gasteiger partial charge on any atom is -0.484 e. The summed E-state index contributed by atoms with van der Waals surface area (Å²) < 4.78 is 5.95. The fourth-order valence-corrected chi connectivity index (χ4v) is 6.66. The molecule has 1 aliphatic rings. The van der Waals surface area contributed by atoms with Crippen molar-refractivity contribution in [1.29, 1.82) is 0 Å². The van der Waals surface area contributed by atoms with E-state index in [9.17, 15) is 14.4 Å². The molecule has 15 heteroatoms. The highest BCUT2D eigenvalue weighted by molar-refractivity contribution is 7.99. The SMILES string of the molecule is CCCCCCCCCN1c2ccccc2Sc2ccc(OCC(=O)N[C@@H](CCCN=C(N)N)C(=O)N[C@@H](CCCN=C(N)N)C(N)=O)cc21. The van der Waals surface area contributed by atoms with Gasteiger partial charge in [-0.05, 0) is 56.4 Å². The van der Waals surface area contributed by atoms with Crippen LogP contribution in [0.25, 0.3) is 0 Å². The maximum absolute atomic E-state index is 13.3. The molecule has 0 fully saturated rings. The molecule has 0 saturated heterocycles. The van der Waals surface area contributed by atoms with Gasteiger partial charge in [0.1, 0.15) is 17.8 Å². The van der Waals surface area contributed by atoms with E-state index in [0.717, 1.165) is 29.2 Å². The zero-order valence-electron chi connectivity index (χ0n) is 29.1. The summed E-state index contributed by atoms with van der Waals surface area (Å²) in [7, 11) is 0. The van der Waals surface area contributed by atoms with Crippen LogP contribution in [0, 0.1) is 0 Å². The van der Waals surface area contributed by atoms with Crippen LogP contribution in [0.2, 0.25) is 0 Å². The van der Waals surface area contributed by atoms with Crippen molar-refractivity contribution in [1.82, 2.24) is 10.6 Å². The Morgan fingerprint density at radius 3 is 2.04 bits per heavy atom. The number of carbonyl (C=O) groups is 3. The molecule has 2 aromatic rings. The van der Waals surface area contributed by atoms with Crippen LogP contribution < -0.4 is 48.9 Å². The molecule has 0 aromatic heterocycles. The monoisotopic (exact) mass is 710 g/mol. The summed E-state index contributed by atoms with van der Waals surface area (Å²) >= 11 is 1.71. The lowest BCUT2D eigenvalue weighted by atomic mass is 10.1. The highest BCUT2D eigenvalue weighted by Crippen LogP contribution is 2.49. The first-order valence-electron chi connectivity index (χ1n) is 17.4. The summed E-state index contributed by atoms with van der Waals surface area (Å²) in [5.41, 5.74) is 29.3. The summed E-state index contributed by atoms with van der Waals surface area (Å²) in [6, 6.07) is 12.2. The Labute approximate surface area is 299 Å². The van der Waals surface area contributed by atoms with Gasteiger partial charge in [-0.2, -0.15) is 0 Å². The zero-order chi connectivity index (χ0) is 36.3. The van der Waals surface area contributed by atoms with Gasteiger partial charge >= 0.3 is 0 Å². The Balaban J connectivity index is 1.65. The summed E-state index contributed by atoms with van der Waals surface area (Å²) in [5.74, 6) is -1.41. The minimum atomic E-state index is -0.992. The van der Waals surface area contributed by atoms with E-state index in [1.165, 1.54) is 43.4 Å². The third-order valence-electron chi connectivity index (χ3n) is 8.15. The highest BCUT2D eigenvalue weighted by Gasteiger charge is 2.26. The minimum absolute atomic E-state index is 0.0733. The molecule has 0 saturated carbocycles. The number of amides is 3. The lowest BCUT2D eigenvalue weighted by Gasteiger charge is -2.33. The normalized spacial score (nSPS) is 12.9. The standard InChI is InChI=1S/C35H54N10O4S/c1-2-3-4-5-6-7-10-21-45-27-15-8-9-16-29(27)50-30-18-17-24(22-28(30)45)49-23-31(46)43-26(14-12-20-42-35(39)40)33(48)44-25(32(36)47)13-11-19-41-34(37)38/h8-9,15-18,22,25-26H,2-7,10-14,19-21,23H2,1H3,(H2,36,47)(H,43,46)(H,44,48)(H4,37,38,41)(H4,39,40,42)/t25-,26-/m0/s1. The van der Waals surface area contributed by atoms with Gasteiger partial charge in [-0.15, -0.1) is 0 Å². The van der Waals surface area contributed by atoms with Crippen LogP contribution in [0.15, 0.2) is 62.2 Å². The van der Waals surface area contributed by atoms with Gasteiger partial charge < -0.3 is 48.9 Å². The number of nitrogens with one attached hydrogen (secondary N) is 2. The molecule has 3 rings (SSSR count). The van der Waals surface area contributed by atoms with Crippen LogP contribution >= 0.6 is 11.8 Å². The molecule has 0 unspecified atom stereocenters. The first-order valence-corrected chi connectivity index (χ1v) is 18.2. The van der Waals surface area contributed by atoms with Gasteiger partial charge in [0.2, 0.25) is 11.8 Å². The third-order valence-corrected chi connectivity index (χ3v) is 9.28. The number of nitrogens with two attached hydrogens (primary N) is 5. The smallest absolute Gasteiger partial charge is 0.258 e. The van der Waals surface area contributed by atoms with Crippen LogP contribution in [0.3, 0.4) is 0 Å². The van der Waals surface area contributed by atoms with Gasteiger partial charge in [-0.25, -0.2) is 0 Å². The summed E-state index contributed by atoms with van der Waals surface area (Å²) in [6.45, 7) is 3.30. The second-order valence-corrected chi connectivity index (χ2v) is 13.3. The van der Waals surface area contributed by atoms with Gasteiger partial charge in [0.05, 0.1) is 11.4 Å². The number of guanidine groups is 2. The van der Waals surface area contributed by atoms with Crippen molar-refractivity contribution in [2.75, 3.05) is 31.1 Å². The van der Waals surface area contributed by atoms with Crippen molar-refractivity contribution in [2.24, 2.45) is 38.7 Å². The number of rotatable bonds is 23. The lowest BCUT2D eigenvalue weighted by molar-refractivity contribution is -0.132. The quantitative estimate of drug-likeness (QED) is 0.0505. The Kier molecular flexibility index (Phi) is 17.0. The summed E-state index contributed by atoms with van der Waals surface area (Å²) in [4.78, 5) is 51.0. The number of para-hydroxylation sites is 1. The second-order valence-electron chi connectivity index (χ2n) is 12.2. The molecule has 1 aliphatic heterocycles. The van der Waals surface area contributed by atoms with Crippen molar-refractivity contribution >= 4 is 52.8 Å². The van der Waals surface area contributed by atoms with Crippen LogP contribution in [0.4, 0.5) is 11.4 Å². The molecule has 274 valence electrons. The molecule has 12 N–H and O–H groups in total. The Hall–Kier alpha value is -4.66. The number of aliphatic imine (C=N–C) groups is 2. The number of primary amides is 1. The second kappa shape index (κ2) is 21.4. The van der Waals surface area contributed by atoms with E-state index >= 15 is 0 Å². The summed E-state index contributed by atoms with van der Waals surface area (Å²) in [5, 5.41) is 5.37. The fourth-order valence-electron chi connectivity index (χ4n) is 5.59. The molecule has 0 aliphatic carbocycles. The first-order chi connectivity index (χ1) is 24.1. The van der Waals surface area contributed by atoms with E-state index in [1.807, 2.05) is 18.2 Å². The number of ether oxygens (including phenoxy) is 1. The van der Waals surface area contributed by atoms with Crippen molar-refractivity contribution < 1.29 is 19.1 Å². The van der Waals surface area contributed by atoms with Gasteiger partial charge in [-0.3, -0.25) is 24.4 Å². The van der Waals surface area contributed by atoms with Crippen molar-refractivity contribution in [3.05, 3.63) is 42.5 Å². The molecule has 0 spiro atoms. The largest absolute Gasteiger partial charge is 0.484 e. The maximum atomic E-state index is 13.3. The van der Waals surface area contributed by atoms with Crippen molar-refractivity contribution in [2.45, 2.75) is 99.4 Å². The van der Waals surface area contributed by atoms with Gasteiger partial charge in [-0.1, -0.05) is 69.3 Å². The topological polar surface area (TPSA) is 243 Å². The first kappa shape index (κ1) is 39.8. The van der Waals surface area contributed by atoms with Crippen molar-refractivity contribution in [3.8, 4) is 5.75 Å². The van der Waals surface area contributed by atoms with E-state index < -0.39 is 29.8 Å². The van der Waals surface area contributed by atoms with Crippen LogP contribution in [-0.2, 0) is 14.4 Å². The Morgan fingerprint density at radius 2 is 1.38 bits per heavy atom. The Bertz CT molecular complexity index is 1460. The average molecular weight is 711 g/mol. The molecule has 0 bridgehead atoms. The predicted molar refractivity (Wildman–Crippen MR) is 200 cm³/mol. The Morgan fingerprint density at radius 1 is 0.760 bits per heavy atom. The molecule has 50 heavy (non-hydrogen) atoms. The number of hydrogen-bond acceptors (Lipinski definition) is 8. The van der Waals surface area contributed by atoms with E-state index in [2.05, 4.69) is 56.7 Å². The third kappa shape index (κ3) is 13.7. The molecule has 3 amide bonds. The lowest BCUT2D eigenvalue weighted by Crippen LogP contribution is -2.53. The van der Waals surface area contributed by atoms with Crippen molar-refractivity contribution in [3.63, 3.8) is 0 Å². The number of fused-ring (bicyclic) bond motifs is 2. The van der Waals surface area contributed by atoms with Gasteiger partial charge in [0.25, 0.3) is 5.91 Å². The van der Waals surface area contributed by atoms with E-state index in [4.69, 9.17) is 33.4 Å². The molecular weight excluding hydrogens is 657 g/mol.